The highest BCUT2D eigenvalue weighted by Crippen LogP contribution is 2.02. The summed E-state index contributed by atoms with van der Waals surface area (Å²) in [6.45, 7) is 1.46. The fourth-order valence-corrected chi connectivity index (χ4v) is 0.723. The summed E-state index contributed by atoms with van der Waals surface area (Å²) in [7, 11) is 0. The van der Waals surface area contributed by atoms with Crippen LogP contribution >= 0.6 is 0 Å². The van der Waals surface area contributed by atoms with Gasteiger partial charge in [0.25, 0.3) is 0 Å². The molecule has 0 aliphatic carbocycles. The molecule has 0 N–H and O–H groups in total. The highest BCUT2D eigenvalue weighted by molar-refractivity contribution is 5.94. The molecule has 0 fully saturated rings. The van der Waals surface area contributed by atoms with Crippen LogP contribution in [0.3, 0.4) is 0 Å². The number of hydrogen-bond donors (Lipinski definition) is 0. The predicted octanol–water partition coefficient (Wildman–Crippen LogP) is 0.0995. The Balaban J connectivity index is 2.61. The molecule has 54 valence electrons. The highest BCUT2D eigenvalue weighted by atomic mass is 16.5. The number of Topliss-reactive ketones (excluding diaryl/α,β-unsaturated/α-hetero) is 1. The van der Waals surface area contributed by atoms with Gasteiger partial charge in [0.2, 0.25) is 0 Å². The van der Waals surface area contributed by atoms with E-state index in [9.17, 15) is 9.59 Å². The largest absolute Gasteiger partial charge is 0.358 e. The maximum Gasteiger partial charge on any atom is 0.181 e. The monoisotopic (exact) mass is 140 g/mol. The van der Waals surface area contributed by atoms with Crippen molar-refractivity contribution in [3.8, 4) is 0 Å². The van der Waals surface area contributed by atoms with Gasteiger partial charge in [-0.15, -0.1) is 0 Å². The van der Waals surface area contributed by atoms with E-state index < -0.39 is 6.10 Å². The molecular weight excluding hydrogens is 132 g/mol. The van der Waals surface area contributed by atoms with Crippen molar-refractivity contribution in [1.82, 2.24) is 0 Å². The van der Waals surface area contributed by atoms with E-state index in [1.165, 1.54) is 19.1 Å². The second-order valence-corrected chi connectivity index (χ2v) is 2.17. The van der Waals surface area contributed by atoms with Crippen molar-refractivity contribution in [1.29, 1.82) is 0 Å². The van der Waals surface area contributed by atoms with Gasteiger partial charge < -0.3 is 4.74 Å². The van der Waals surface area contributed by atoms with Crippen LogP contribution in [0.25, 0.3) is 0 Å². The van der Waals surface area contributed by atoms with Crippen molar-refractivity contribution >= 4 is 11.6 Å². The summed E-state index contributed by atoms with van der Waals surface area (Å²) in [6, 6.07) is 0. The van der Waals surface area contributed by atoms with Crippen molar-refractivity contribution in [3.63, 3.8) is 0 Å². The normalized spacial score (nSPS) is 24.9. The van der Waals surface area contributed by atoms with E-state index in [1.807, 2.05) is 0 Å². The zero-order valence-corrected chi connectivity index (χ0v) is 5.66. The second-order valence-electron chi connectivity index (χ2n) is 2.17. The Labute approximate surface area is 58.7 Å². The standard InChI is InChI=1S/C7H8O3/c1-5(8)7-3-2-6(9)4-10-7/h2-3,7H,4H2,1H3. The molecule has 0 saturated carbocycles. The maximum absolute atomic E-state index is 10.6. The molecule has 0 aromatic carbocycles. The average molecular weight is 140 g/mol. The first-order chi connectivity index (χ1) is 4.70. The lowest BCUT2D eigenvalue weighted by Crippen LogP contribution is -2.26. The van der Waals surface area contributed by atoms with E-state index in [-0.39, 0.29) is 18.2 Å². The van der Waals surface area contributed by atoms with E-state index in [2.05, 4.69) is 0 Å². The molecule has 1 rings (SSSR count). The summed E-state index contributed by atoms with van der Waals surface area (Å²) in [5.74, 6) is -0.152. The van der Waals surface area contributed by atoms with Crippen molar-refractivity contribution in [2.24, 2.45) is 0 Å². The summed E-state index contributed by atoms with van der Waals surface area (Å²) in [5, 5.41) is 0. The van der Waals surface area contributed by atoms with Crippen LogP contribution in [0.15, 0.2) is 12.2 Å². The smallest absolute Gasteiger partial charge is 0.181 e. The van der Waals surface area contributed by atoms with Crippen LogP contribution in [0.2, 0.25) is 0 Å². The Morgan fingerprint density at radius 3 is 2.90 bits per heavy atom. The predicted molar refractivity (Wildman–Crippen MR) is 34.6 cm³/mol. The number of ether oxygens (including phenoxy) is 1. The highest BCUT2D eigenvalue weighted by Gasteiger charge is 2.16. The summed E-state index contributed by atoms with van der Waals surface area (Å²) in [6.07, 6.45) is 2.36. The van der Waals surface area contributed by atoms with Crippen LogP contribution < -0.4 is 0 Å². The summed E-state index contributed by atoms with van der Waals surface area (Å²) in [4.78, 5) is 21.1. The lowest BCUT2D eigenvalue weighted by Gasteiger charge is -2.12. The second kappa shape index (κ2) is 2.75. The molecule has 1 heterocycles. The van der Waals surface area contributed by atoms with Gasteiger partial charge >= 0.3 is 0 Å². The van der Waals surface area contributed by atoms with Gasteiger partial charge in [0.1, 0.15) is 12.7 Å². The molecular formula is C7H8O3. The molecule has 1 aliphatic heterocycles. The van der Waals surface area contributed by atoms with Crippen LogP contribution in [0.4, 0.5) is 0 Å². The van der Waals surface area contributed by atoms with Crippen molar-refractivity contribution in [2.45, 2.75) is 13.0 Å². The van der Waals surface area contributed by atoms with Crippen LogP contribution in [-0.4, -0.2) is 24.3 Å². The molecule has 3 nitrogen and oxygen atoms in total. The molecule has 0 aromatic rings. The SMILES string of the molecule is CC(=O)C1C=CC(=O)CO1. The van der Waals surface area contributed by atoms with Crippen LogP contribution in [-0.2, 0) is 14.3 Å². The van der Waals surface area contributed by atoms with Crippen LogP contribution in [0.1, 0.15) is 6.92 Å². The topological polar surface area (TPSA) is 43.4 Å². The van der Waals surface area contributed by atoms with E-state index in [0.717, 1.165) is 0 Å². The number of ketones is 2. The van der Waals surface area contributed by atoms with Crippen LogP contribution in [0.5, 0.6) is 0 Å². The third-order valence-corrected chi connectivity index (χ3v) is 1.26. The number of rotatable bonds is 1. The molecule has 0 aromatic heterocycles. The molecule has 0 radical (unpaired) electrons. The van der Waals surface area contributed by atoms with Gasteiger partial charge in [-0.25, -0.2) is 0 Å². The zero-order chi connectivity index (χ0) is 7.56. The van der Waals surface area contributed by atoms with E-state index in [1.54, 1.807) is 0 Å². The first-order valence-electron chi connectivity index (χ1n) is 3.03. The summed E-state index contributed by atoms with van der Waals surface area (Å²) in [5.41, 5.74) is 0. The Morgan fingerprint density at radius 1 is 1.80 bits per heavy atom. The van der Waals surface area contributed by atoms with Crippen molar-refractivity contribution in [2.75, 3.05) is 6.61 Å². The first kappa shape index (κ1) is 7.15. The third-order valence-electron chi connectivity index (χ3n) is 1.26. The lowest BCUT2D eigenvalue weighted by atomic mass is 10.2. The van der Waals surface area contributed by atoms with E-state index in [0.29, 0.717) is 0 Å². The fourth-order valence-electron chi connectivity index (χ4n) is 0.723. The summed E-state index contributed by atoms with van der Waals surface area (Å²) >= 11 is 0. The minimum absolute atomic E-state index is 0.0285. The molecule has 1 aliphatic rings. The Kier molecular flexibility index (Phi) is 1.97. The molecule has 3 heteroatoms. The van der Waals surface area contributed by atoms with Gasteiger partial charge in [0.05, 0.1) is 0 Å². The van der Waals surface area contributed by atoms with Crippen LogP contribution in [0, 0.1) is 0 Å². The third kappa shape index (κ3) is 1.51. The molecule has 0 saturated heterocycles. The molecule has 10 heavy (non-hydrogen) atoms. The minimum Gasteiger partial charge on any atom is -0.358 e. The minimum atomic E-state index is -0.502. The fraction of sp³-hybridized carbons (Fsp3) is 0.429. The lowest BCUT2D eigenvalue weighted by molar-refractivity contribution is -0.130. The molecule has 0 amide bonds. The first-order valence-corrected chi connectivity index (χ1v) is 3.03. The van der Waals surface area contributed by atoms with Gasteiger partial charge in [-0.2, -0.15) is 0 Å². The summed E-state index contributed by atoms with van der Waals surface area (Å²) < 4.78 is 4.87. The van der Waals surface area contributed by atoms with Gasteiger partial charge in [-0.05, 0) is 19.1 Å². The Morgan fingerprint density at radius 2 is 2.50 bits per heavy atom. The van der Waals surface area contributed by atoms with Gasteiger partial charge in [-0.1, -0.05) is 0 Å². The Bertz CT molecular complexity index is 193. The molecule has 0 bridgehead atoms. The van der Waals surface area contributed by atoms with Crippen molar-refractivity contribution in [3.05, 3.63) is 12.2 Å². The van der Waals surface area contributed by atoms with Gasteiger partial charge in [0.15, 0.2) is 11.6 Å². The van der Waals surface area contributed by atoms with Gasteiger partial charge in [-0.3, -0.25) is 9.59 Å². The van der Waals surface area contributed by atoms with E-state index in [4.69, 9.17) is 4.74 Å². The van der Waals surface area contributed by atoms with Gasteiger partial charge in [0, 0.05) is 0 Å². The quantitative estimate of drug-likeness (QED) is 0.518. The molecule has 1 unspecified atom stereocenters. The van der Waals surface area contributed by atoms with Crippen molar-refractivity contribution < 1.29 is 14.3 Å². The number of carbonyl (C=O) groups is 2. The van der Waals surface area contributed by atoms with E-state index >= 15 is 0 Å². The average Bonchev–Trinajstić information content (AvgIpc) is 1.88. The Hall–Kier alpha value is -0.960. The molecule has 1 atom stereocenters. The zero-order valence-electron chi connectivity index (χ0n) is 5.66. The maximum atomic E-state index is 10.6. The molecule has 0 spiro atoms. The number of hydrogen-bond acceptors (Lipinski definition) is 3. The number of carbonyl (C=O) groups excluding carboxylic acids is 2.